The third-order valence-electron chi connectivity index (χ3n) is 5.36. The number of fused-ring (bicyclic) bond motifs is 2. The maximum Gasteiger partial charge on any atom is 0.260 e. The van der Waals surface area contributed by atoms with Crippen molar-refractivity contribution in [1.82, 2.24) is 45.1 Å². The highest BCUT2D eigenvalue weighted by Gasteiger charge is 2.19. The van der Waals surface area contributed by atoms with Crippen LogP contribution in [0.15, 0.2) is 47.5 Å². The second-order valence-corrected chi connectivity index (χ2v) is 7.75. The summed E-state index contributed by atoms with van der Waals surface area (Å²) in [7, 11) is 0. The van der Waals surface area contributed by atoms with Crippen LogP contribution in [-0.4, -0.2) is 39.8 Å². The van der Waals surface area contributed by atoms with E-state index in [4.69, 9.17) is 17.3 Å². The van der Waals surface area contributed by atoms with Crippen molar-refractivity contribution in [2.24, 2.45) is 0 Å². The minimum Gasteiger partial charge on any atom is -0.382 e. The number of nitrogens with one attached hydrogen (secondary N) is 2. The van der Waals surface area contributed by atoms with Crippen LogP contribution in [0.3, 0.4) is 0 Å². The summed E-state index contributed by atoms with van der Waals surface area (Å²) in [6, 6.07) is 8.89. The van der Waals surface area contributed by atoms with E-state index in [0.717, 1.165) is 16.6 Å². The van der Waals surface area contributed by atoms with Gasteiger partial charge in [0.15, 0.2) is 17.3 Å². The van der Waals surface area contributed by atoms with Crippen LogP contribution in [0.2, 0.25) is 5.02 Å². The van der Waals surface area contributed by atoms with Gasteiger partial charge in [0.25, 0.3) is 5.56 Å². The Morgan fingerprint density at radius 1 is 1.31 bits per heavy atom. The molecule has 0 bridgehead atoms. The Hall–Kier alpha value is -3.83. The van der Waals surface area contributed by atoms with Crippen LogP contribution in [0.25, 0.3) is 16.4 Å². The number of nitrogen functional groups attached to an aromatic ring is 1. The van der Waals surface area contributed by atoms with Crippen LogP contribution in [0.5, 0.6) is 0 Å². The number of benzene rings is 1. The van der Waals surface area contributed by atoms with Gasteiger partial charge in [-0.3, -0.25) is 4.79 Å². The Morgan fingerprint density at radius 3 is 3.00 bits per heavy atom. The van der Waals surface area contributed by atoms with Crippen molar-refractivity contribution in [3.8, 4) is 0 Å². The van der Waals surface area contributed by atoms with Gasteiger partial charge in [0.2, 0.25) is 0 Å². The maximum absolute atomic E-state index is 13.4. The average molecular weight is 451 g/mol. The largest absolute Gasteiger partial charge is 0.382 e. The van der Waals surface area contributed by atoms with Crippen LogP contribution in [-0.2, 0) is 13.1 Å². The molecule has 0 aliphatic carbocycles. The van der Waals surface area contributed by atoms with E-state index in [2.05, 4.69) is 36.0 Å². The Bertz CT molecular complexity index is 1470. The normalized spacial score (nSPS) is 12.6. The molecule has 5 aromatic rings. The van der Waals surface area contributed by atoms with Crippen LogP contribution in [0, 0.1) is 0 Å². The lowest BCUT2D eigenvalue weighted by Gasteiger charge is -2.20. The number of nitrogens with zero attached hydrogens (tertiary/aromatic N) is 7. The fourth-order valence-electron chi connectivity index (χ4n) is 3.77. The summed E-state index contributed by atoms with van der Waals surface area (Å²) in [6.07, 6.45) is 3.49. The van der Waals surface area contributed by atoms with Gasteiger partial charge in [-0.25, -0.2) is 9.50 Å². The van der Waals surface area contributed by atoms with E-state index in [0.29, 0.717) is 34.2 Å². The number of aromatic nitrogens is 8. The van der Waals surface area contributed by atoms with Gasteiger partial charge >= 0.3 is 0 Å². The minimum atomic E-state index is -0.226. The quantitative estimate of drug-likeness (QED) is 0.354. The van der Waals surface area contributed by atoms with Gasteiger partial charge < -0.3 is 15.6 Å². The summed E-state index contributed by atoms with van der Waals surface area (Å²) in [6.45, 7) is 2.53. The molecule has 1 atom stereocenters. The van der Waals surface area contributed by atoms with E-state index in [1.54, 1.807) is 33.6 Å². The molecule has 1 unspecified atom stereocenters. The molecule has 0 fully saturated rings. The lowest BCUT2D eigenvalue weighted by molar-refractivity contribution is 0.525. The molecule has 0 saturated carbocycles. The molecular formula is C20H19ClN10O. The van der Waals surface area contributed by atoms with Crippen molar-refractivity contribution < 1.29 is 0 Å². The Kier molecular flexibility index (Phi) is 5.04. The SMILES string of the molecule is CC(NCc1c(N)nn2cccnc12)c1cc2cccc(Cl)c2c(=O)n1Cc1nn[nH]n1. The number of pyridine rings is 1. The Labute approximate surface area is 186 Å². The number of hydrogen-bond acceptors (Lipinski definition) is 8. The van der Waals surface area contributed by atoms with Gasteiger partial charge in [-0.05, 0) is 30.5 Å². The molecule has 0 aliphatic heterocycles. The molecule has 0 aliphatic rings. The van der Waals surface area contributed by atoms with Crippen LogP contribution in [0.4, 0.5) is 5.82 Å². The van der Waals surface area contributed by atoms with Crippen LogP contribution < -0.4 is 16.6 Å². The molecular weight excluding hydrogens is 432 g/mol. The predicted octanol–water partition coefficient (Wildman–Crippen LogP) is 1.69. The zero-order chi connectivity index (χ0) is 22.2. The molecule has 0 radical (unpaired) electrons. The first-order valence-electron chi connectivity index (χ1n) is 9.88. The van der Waals surface area contributed by atoms with Gasteiger partial charge in [-0.1, -0.05) is 28.9 Å². The molecule has 1 aromatic carbocycles. The third-order valence-corrected chi connectivity index (χ3v) is 5.67. The van der Waals surface area contributed by atoms with Crippen molar-refractivity contribution in [2.75, 3.05) is 5.73 Å². The number of nitrogens with two attached hydrogens (primary N) is 1. The van der Waals surface area contributed by atoms with Gasteiger partial charge in [0.1, 0.15) is 0 Å². The van der Waals surface area contributed by atoms with E-state index in [1.807, 2.05) is 25.1 Å². The van der Waals surface area contributed by atoms with Crippen LogP contribution >= 0.6 is 11.6 Å². The number of aromatic amines is 1. The number of tetrazole rings is 1. The van der Waals surface area contributed by atoms with Crippen molar-refractivity contribution in [1.29, 1.82) is 0 Å². The fraction of sp³-hybridized carbons (Fsp3) is 0.200. The van der Waals surface area contributed by atoms with Crippen molar-refractivity contribution in [3.05, 3.63) is 75.2 Å². The predicted molar refractivity (Wildman–Crippen MR) is 119 cm³/mol. The smallest absolute Gasteiger partial charge is 0.260 e. The molecule has 12 heteroatoms. The summed E-state index contributed by atoms with van der Waals surface area (Å²) in [4.78, 5) is 17.8. The van der Waals surface area contributed by atoms with Gasteiger partial charge in [-0.15, -0.1) is 15.3 Å². The van der Waals surface area contributed by atoms with Crippen molar-refractivity contribution >= 4 is 33.8 Å². The Balaban J connectivity index is 1.54. The van der Waals surface area contributed by atoms with Gasteiger partial charge in [-0.2, -0.15) is 5.21 Å². The molecule has 11 nitrogen and oxygen atoms in total. The van der Waals surface area contributed by atoms with Crippen molar-refractivity contribution in [2.45, 2.75) is 26.1 Å². The van der Waals surface area contributed by atoms with E-state index < -0.39 is 0 Å². The third kappa shape index (κ3) is 3.47. The fourth-order valence-corrected chi connectivity index (χ4v) is 4.03. The summed E-state index contributed by atoms with van der Waals surface area (Å²) in [5.41, 5.74) is 8.09. The number of H-pyrrole nitrogens is 1. The summed E-state index contributed by atoms with van der Waals surface area (Å²) in [5.74, 6) is 0.793. The highest BCUT2D eigenvalue weighted by Crippen LogP contribution is 2.24. The van der Waals surface area contributed by atoms with E-state index >= 15 is 0 Å². The topological polar surface area (TPSA) is 145 Å². The molecule has 32 heavy (non-hydrogen) atoms. The summed E-state index contributed by atoms with van der Waals surface area (Å²) in [5, 5.41) is 23.3. The zero-order valence-electron chi connectivity index (χ0n) is 17.0. The molecule has 0 amide bonds. The van der Waals surface area contributed by atoms with Crippen molar-refractivity contribution in [3.63, 3.8) is 0 Å². The summed E-state index contributed by atoms with van der Waals surface area (Å²) >= 11 is 6.34. The second-order valence-electron chi connectivity index (χ2n) is 7.35. The molecule has 162 valence electrons. The van der Waals surface area contributed by atoms with E-state index in [1.165, 1.54) is 0 Å². The molecule has 0 spiro atoms. The highest BCUT2D eigenvalue weighted by atomic mass is 35.5. The molecule has 5 rings (SSSR count). The monoisotopic (exact) mass is 450 g/mol. The first-order chi connectivity index (χ1) is 15.5. The minimum absolute atomic E-state index is 0.151. The van der Waals surface area contributed by atoms with Gasteiger partial charge in [0, 0.05) is 30.7 Å². The number of halogens is 1. The first kappa shape index (κ1) is 20.1. The standard InChI is InChI=1S/C20H19ClN10O/c1-11(24-9-13-18(22)27-31-7-3-6-23-19(13)31)15-8-12-4-2-5-14(21)17(12)20(32)30(15)10-16-25-28-29-26-16/h2-8,11,24H,9-10H2,1H3,(H2,22,27)(H,25,26,28,29). The summed E-state index contributed by atoms with van der Waals surface area (Å²) < 4.78 is 3.25. The molecule has 4 N–H and O–H groups in total. The van der Waals surface area contributed by atoms with Crippen LogP contribution in [0.1, 0.15) is 30.0 Å². The maximum atomic E-state index is 13.4. The number of hydrogen-bond donors (Lipinski definition) is 3. The molecule has 4 heterocycles. The first-order valence-corrected chi connectivity index (χ1v) is 10.3. The van der Waals surface area contributed by atoms with E-state index in [-0.39, 0.29) is 18.1 Å². The number of rotatable bonds is 6. The lowest BCUT2D eigenvalue weighted by Crippen LogP contribution is -2.30. The van der Waals surface area contributed by atoms with E-state index in [9.17, 15) is 4.79 Å². The second kappa shape index (κ2) is 8.02. The Morgan fingerprint density at radius 2 is 2.19 bits per heavy atom. The lowest BCUT2D eigenvalue weighted by atomic mass is 10.1. The molecule has 0 saturated heterocycles. The molecule has 4 aromatic heterocycles. The zero-order valence-corrected chi connectivity index (χ0v) is 17.8. The highest BCUT2D eigenvalue weighted by molar-refractivity contribution is 6.35. The number of anilines is 1. The van der Waals surface area contributed by atoms with Gasteiger partial charge in [0.05, 0.1) is 22.5 Å². The average Bonchev–Trinajstić information content (AvgIpc) is 3.40.